The third-order valence-electron chi connectivity index (χ3n) is 0.632. The van der Waals surface area contributed by atoms with Gasteiger partial charge in [-0.1, -0.05) is 6.92 Å². The smallest absolute Gasteiger partial charge is 0.310 e. The molecule has 0 heterocycles. The molecule has 1 nitrogen and oxygen atoms in total. The Hall–Kier alpha value is 0.700. The Morgan fingerprint density at radius 3 is 1.50 bits per heavy atom. The van der Waals surface area contributed by atoms with Crippen molar-refractivity contribution in [1.29, 1.82) is 0 Å². The zero-order chi connectivity index (χ0) is 4.28. The molecule has 0 unspecified atom stereocenters. The molecule has 0 aromatic heterocycles. The van der Waals surface area contributed by atoms with Crippen LogP contribution in [0.4, 0.5) is 0 Å². The van der Waals surface area contributed by atoms with Gasteiger partial charge in [-0.25, -0.2) is 0 Å². The molecule has 0 aromatic rings. The van der Waals surface area contributed by atoms with E-state index in [0.29, 0.717) is 0 Å². The van der Waals surface area contributed by atoms with Gasteiger partial charge in [0.05, 0.1) is 0 Å². The monoisotopic (exact) mass is 166 g/mol. The van der Waals surface area contributed by atoms with Crippen molar-refractivity contribution in [2.45, 2.75) is 6.92 Å². The van der Waals surface area contributed by atoms with Gasteiger partial charge in [-0.05, 0) is 20.6 Å². The van der Waals surface area contributed by atoms with Crippen molar-refractivity contribution in [3.8, 4) is 0 Å². The average molecular weight is 166 g/mol. The first-order chi connectivity index (χ1) is 2.27. The quantitative estimate of drug-likeness (QED) is 0.514. The molecule has 0 spiro atoms. The Labute approximate surface area is 55.2 Å². The summed E-state index contributed by atoms with van der Waals surface area (Å²) >= 11 is 0. The van der Waals surface area contributed by atoms with Gasteiger partial charge in [-0.2, -0.15) is 0 Å². The molecule has 0 N–H and O–H groups in total. The van der Waals surface area contributed by atoms with Gasteiger partial charge in [0.2, 0.25) is 0 Å². The number of rotatable bonds is 1. The molecule has 0 aliphatic heterocycles. The molecule has 0 aliphatic carbocycles. The van der Waals surface area contributed by atoms with Gasteiger partial charge in [0.1, 0.15) is 0 Å². The van der Waals surface area contributed by atoms with E-state index in [1.165, 1.54) is 0 Å². The summed E-state index contributed by atoms with van der Waals surface area (Å²) in [4.78, 5) is 2.12. The number of hydrogen-bond acceptors (Lipinski definition) is 1. The van der Waals surface area contributed by atoms with Crippen LogP contribution in [-0.2, 0) is 22.4 Å². The molecule has 0 saturated carbocycles. The second kappa shape index (κ2) is 5.70. The van der Waals surface area contributed by atoms with Gasteiger partial charge in [0.15, 0.2) is 0 Å². The summed E-state index contributed by atoms with van der Waals surface area (Å²) in [6, 6.07) is 0. The van der Waals surface area contributed by atoms with E-state index < -0.39 is 0 Å². The van der Waals surface area contributed by atoms with E-state index in [2.05, 4.69) is 25.9 Å². The summed E-state index contributed by atoms with van der Waals surface area (Å²) in [6.07, 6.45) is 0. The van der Waals surface area contributed by atoms with E-state index in [9.17, 15) is 0 Å². The standard InChI is InChI=1S/C4H11N.Nb/c1-4-5(2)3;/h4H2,1-3H3;/q;+5. The molecule has 0 rings (SSSR count). The van der Waals surface area contributed by atoms with Crippen LogP contribution in [0.5, 0.6) is 0 Å². The Morgan fingerprint density at radius 2 is 1.50 bits per heavy atom. The molecular formula is C4H11NNb+5. The molecule has 2 heteroatoms. The molecule has 0 radical (unpaired) electrons. The van der Waals surface area contributed by atoms with Crippen LogP contribution in [-0.4, -0.2) is 25.5 Å². The van der Waals surface area contributed by atoms with E-state index in [4.69, 9.17) is 0 Å². The van der Waals surface area contributed by atoms with Crippen molar-refractivity contribution in [1.82, 2.24) is 4.90 Å². The maximum absolute atomic E-state index is 2.12. The fourth-order valence-electron chi connectivity index (χ4n) is 0. The Kier molecular flexibility index (Phi) is 9.36. The molecule has 0 bridgehead atoms. The van der Waals surface area contributed by atoms with Crippen LogP contribution in [0.25, 0.3) is 0 Å². The third-order valence-corrected chi connectivity index (χ3v) is 0.632. The van der Waals surface area contributed by atoms with Crippen molar-refractivity contribution in [2.75, 3.05) is 20.6 Å². The van der Waals surface area contributed by atoms with E-state index in [1.807, 2.05) is 0 Å². The normalized spacial score (nSPS) is 8.00. The largest absolute Gasteiger partial charge is 5.00 e. The fourth-order valence-corrected chi connectivity index (χ4v) is 0. The van der Waals surface area contributed by atoms with Gasteiger partial charge in [0, 0.05) is 0 Å². The molecule has 0 atom stereocenters. The van der Waals surface area contributed by atoms with E-state index >= 15 is 0 Å². The van der Waals surface area contributed by atoms with Crippen LogP contribution in [0.2, 0.25) is 0 Å². The number of hydrogen-bond donors (Lipinski definition) is 0. The van der Waals surface area contributed by atoms with Crippen LogP contribution in [0.1, 0.15) is 6.92 Å². The summed E-state index contributed by atoms with van der Waals surface area (Å²) in [6.45, 7) is 3.26. The predicted molar refractivity (Wildman–Crippen MR) is 24.2 cm³/mol. The van der Waals surface area contributed by atoms with E-state index in [0.717, 1.165) is 6.54 Å². The Morgan fingerprint density at radius 1 is 1.33 bits per heavy atom. The maximum atomic E-state index is 2.12. The molecule has 0 saturated heterocycles. The zero-order valence-corrected chi connectivity index (χ0v) is 6.80. The second-order valence-electron chi connectivity index (χ2n) is 1.40. The summed E-state index contributed by atoms with van der Waals surface area (Å²) in [5.74, 6) is 0. The summed E-state index contributed by atoms with van der Waals surface area (Å²) < 4.78 is 0. The summed E-state index contributed by atoms with van der Waals surface area (Å²) in [7, 11) is 4.11. The van der Waals surface area contributed by atoms with Crippen molar-refractivity contribution >= 4 is 0 Å². The molecule has 0 aromatic carbocycles. The van der Waals surface area contributed by atoms with Crippen molar-refractivity contribution in [3.63, 3.8) is 0 Å². The molecule has 0 aliphatic rings. The molecule has 0 amide bonds. The average Bonchev–Trinajstić information content (AvgIpc) is 1.38. The van der Waals surface area contributed by atoms with Crippen LogP contribution in [0, 0.1) is 0 Å². The van der Waals surface area contributed by atoms with E-state index in [1.54, 1.807) is 0 Å². The minimum atomic E-state index is 0. The first-order valence-corrected chi connectivity index (χ1v) is 1.92. The van der Waals surface area contributed by atoms with E-state index in [-0.39, 0.29) is 22.4 Å². The predicted octanol–water partition coefficient (Wildman–Crippen LogP) is 0.565. The molecule has 32 valence electrons. The zero-order valence-electron chi connectivity index (χ0n) is 4.60. The molecule has 0 fully saturated rings. The second-order valence-corrected chi connectivity index (χ2v) is 1.40. The first kappa shape index (κ1) is 9.85. The minimum absolute atomic E-state index is 0. The Balaban J connectivity index is 0. The van der Waals surface area contributed by atoms with Crippen LogP contribution in [0.3, 0.4) is 0 Å². The minimum Gasteiger partial charge on any atom is -0.310 e. The van der Waals surface area contributed by atoms with Gasteiger partial charge in [-0.3, -0.25) is 0 Å². The van der Waals surface area contributed by atoms with Crippen LogP contribution in [0.15, 0.2) is 0 Å². The molecular weight excluding hydrogens is 155 g/mol. The Bertz CT molecular complexity index is 21.5. The van der Waals surface area contributed by atoms with Crippen molar-refractivity contribution in [2.24, 2.45) is 0 Å². The first-order valence-electron chi connectivity index (χ1n) is 1.92. The van der Waals surface area contributed by atoms with Crippen molar-refractivity contribution < 1.29 is 22.4 Å². The topological polar surface area (TPSA) is 3.24 Å². The van der Waals surface area contributed by atoms with Gasteiger partial charge in [0.25, 0.3) is 0 Å². The van der Waals surface area contributed by atoms with Gasteiger partial charge in [-0.15, -0.1) is 0 Å². The van der Waals surface area contributed by atoms with Gasteiger partial charge < -0.3 is 4.90 Å². The third kappa shape index (κ3) is 8.83. The number of nitrogens with zero attached hydrogens (tertiary/aromatic N) is 1. The van der Waals surface area contributed by atoms with Crippen LogP contribution < -0.4 is 0 Å². The summed E-state index contributed by atoms with van der Waals surface area (Å²) in [5, 5.41) is 0. The van der Waals surface area contributed by atoms with Crippen molar-refractivity contribution in [3.05, 3.63) is 0 Å². The van der Waals surface area contributed by atoms with Gasteiger partial charge >= 0.3 is 22.4 Å². The SMILES string of the molecule is CCN(C)C.[Nb+5]. The molecule has 6 heavy (non-hydrogen) atoms. The summed E-state index contributed by atoms with van der Waals surface area (Å²) in [5.41, 5.74) is 0. The van der Waals surface area contributed by atoms with Crippen LogP contribution >= 0.6 is 0 Å². The maximum Gasteiger partial charge on any atom is 5.00 e. The fraction of sp³-hybridized carbons (Fsp3) is 1.00.